The highest BCUT2D eigenvalue weighted by Gasteiger charge is 2.33. The minimum Gasteiger partial charge on any atom is -0.324 e. The second-order valence-corrected chi connectivity index (χ2v) is 8.61. The maximum absolute atomic E-state index is 12.9. The van der Waals surface area contributed by atoms with E-state index < -0.39 is 32.8 Å². The molecule has 0 unspecified atom stereocenters. The first-order chi connectivity index (χ1) is 15.1. The van der Waals surface area contributed by atoms with Gasteiger partial charge in [-0.2, -0.15) is 22.7 Å². The molecule has 2 N–H and O–H groups in total. The van der Waals surface area contributed by atoms with E-state index in [1.807, 2.05) is 6.07 Å². The Balaban J connectivity index is 1.57. The maximum atomic E-state index is 12.9. The molecule has 1 amide bonds. The minimum atomic E-state index is -4.65. The third kappa shape index (κ3) is 5.57. The molecular weight excluding hydrogens is 449 g/mol. The summed E-state index contributed by atoms with van der Waals surface area (Å²) in [6.07, 6.45) is -3.86. The lowest BCUT2D eigenvalue weighted by atomic mass is 10.2. The van der Waals surface area contributed by atoms with E-state index in [-0.39, 0.29) is 19.5 Å². The van der Waals surface area contributed by atoms with E-state index in [4.69, 9.17) is 10.1 Å². The Morgan fingerprint density at radius 3 is 2.47 bits per heavy atom. The maximum Gasteiger partial charge on any atom is 0.435 e. The molecule has 0 saturated carbocycles. The molecule has 0 spiro atoms. The van der Waals surface area contributed by atoms with E-state index in [0.717, 1.165) is 22.5 Å². The van der Waals surface area contributed by atoms with Crippen LogP contribution in [-0.2, 0) is 21.0 Å². The number of alkyl halides is 3. The molecule has 1 aliphatic rings. The first kappa shape index (κ1) is 23.1. The molecule has 8 nitrogen and oxygen atoms in total. The predicted molar refractivity (Wildman–Crippen MR) is 107 cm³/mol. The molecule has 3 rings (SSSR count). The average molecular weight is 466 g/mol. The molecule has 0 bridgehead atoms. The summed E-state index contributed by atoms with van der Waals surface area (Å²) in [5, 5.41) is 11.2. The van der Waals surface area contributed by atoms with Crippen LogP contribution < -0.4 is 10.8 Å². The summed E-state index contributed by atoms with van der Waals surface area (Å²) < 4.78 is 65.1. The van der Waals surface area contributed by atoms with E-state index >= 15 is 0 Å². The van der Waals surface area contributed by atoms with Gasteiger partial charge in [-0.3, -0.25) is 5.32 Å². The van der Waals surface area contributed by atoms with Crippen molar-refractivity contribution in [3.05, 3.63) is 71.4 Å². The first-order valence-corrected chi connectivity index (χ1v) is 10.6. The van der Waals surface area contributed by atoms with Gasteiger partial charge in [0.05, 0.1) is 22.1 Å². The van der Waals surface area contributed by atoms with Crippen molar-refractivity contribution in [2.45, 2.75) is 17.5 Å². The summed E-state index contributed by atoms with van der Waals surface area (Å²) in [5.41, 5.74) is 2.66. The van der Waals surface area contributed by atoms with Gasteiger partial charge in [0.25, 0.3) is 0 Å². The average Bonchev–Trinajstić information content (AvgIpc) is 2.78. The molecule has 32 heavy (non-hydrogen) atoms. The zero-order valence-electron chi connectivity index (χ0n) is 16.4. The fourth-order valence-corrected chi connectivity index (χ4v) is 4.25. The van der Waals surface area contributed by atoms with E-state index in [2.05, 4.69) is 10.8 Å². The van der Waals surface area contributed by atoms with Crippen molar-refractivity contribution in [2.75, 3.05) is 18.4 Å². The quantitative estimate of drug-likeness (QED) is 0.652. The van der Waals surface area contributed by atoms with Crippen molar-refractivity contribution in [1.82, 2.24) is 9.79 Å². The number of nitrogens with zero attached hydrogens (tertiary/aromatic N) is 2. The number of hydroxylamine groups is 1. The highest BCUT2D eigenvalue weighted by atomic mass is 32.2. The molecule has 168 valence electrons. The Hall–Kier alpha value is -3.56. The number of nitriles is 1. The molecule has 0 atom stereocenters. The highest BCUT2D eigenvalue weighted by Crippen LogP contribution is 2.31. The van der Waals surface area contributed by atoms with Crippen molar-refractivity contribution in [3.8, 4) is 6.07 Å². The Morgan fingerprint density at radius 1 is 1.16 bits per heavy atom. The fraction of sp³-hybridized carbons (Fsp3) is 0.200. The van der Waals surface area contributed by atoms with Gasteiger partial charge in [-0.25, -0.2) is 18.7 Å². The number of nitrogens with one attached hydrogen (secondary N) is 2. The van der Waals surface area contributed by atoms with Gasteiger partial charge in [0.2, 0.25) is 10.0 Å². The van der Waals surface area contributed by atoms with Crippen molar-refractivity contribution in [1.29, 1.82) is 5.26 Å². The Kier molecular flexibility index (Phi) is 6.71. The monoisotopic (exact) mass is 466 g/mol. The normalized spacial score (nSPS) is 14.8. The molecule has 1 heterocycles. The van der Waals surface area contributed by atoms with Crippen molar-refractivity contribution in [2.24, 2.45) is 0 Å². The van der Waals surface area contributed by atoms with Crippen LogP contribution >= 0.6 is 0 Å². The summed E-state index contributed by atoms with van der Waals surface area (Å²) in [6.45, 7) is -0.125. The molecule has 12 heteroatoms. The van der Waals surface area contributed by atoms with Gasteiger partial charge in [0, 0.05) is 30.9 Å². The smallest absolute Gasteiger partial charge is 0.324 e. The summed E-state index contributed by atoms with van der Waals surface area (Å²) in [5.74, 6) is 0. The number of amides is 1. The van der Waals surface area contributed by atoms with Crippen LogP contribution in [0.3, 0.4) is 0 Å². The molecule has 0 aliphatic carbocycles. The zero-order valence-corrected chi connectivity index (χ0v) is 17.2. The molecule has 0 fully saturated rings. The van der Waals surface area contributed by atoms with Crippen LogP contribution in [-0.4, -0.2) is 31.9 Å². The van der Waals surface area contributed by atoms with Crippen LogP contribution in [0.5, 0.6) is 0 Å². The lowest BCUT2D eigenvalue weighted by Gasteiger charge is -2.26. The van der Waals surface area contributed by atoms with Gasteiger partial charge in [-0.15, -0.1) is 0 Å². The number of hydrogen-bond donors (Lipinski definition) is 2. The summed E-state index contributed by atoms with van der Waals surface area (Å²) in [6, 6.07) is 11.6. The molecule has 2 aromatic carbocycles. The largest absolute Gasteiger partial charge is 0.435 e. The third-order valence-corrected chi connectivity index (χ3v) is 6.37. The number of halogens is 3. The van der Waals surface area contributed by atoms with Crippen LogP contribution in [0.1, 0.15) is 17.5 Å². The number of anilines is 1. The lowest BCUT2D eigenvalue weighted by Crippen LogP contribution is -2.37. The molecular formula is C20H17F3N4O4S. The van der Waals surface area contributed by atoms with Crippen LogP contribution in [0.25, 0.3) is 0 Å². The van der Waals surface area contributed by atoms with Gasteiger partial charge >= 0.3 is 12.3 Å². The van der Waals surface area contributed by atoms with E-state index in [9.17, 15) is 26.4 Å². The fourth-order valence-electron chi connectivity index (χ4n) is 2.83. The minimum absolute atomic E-state index is 0.0159. The number of carbonyl (C=O) groups excluding carboxylic acids is 1. The van der Waals surface area contributed by atoms with E-state index in [1.54, 1.807) is 0 Å². The predicted octanol–water partition coefficient (Wildman–Crippen LogP) is 3.61. The van der Waals surface area contributed by atoms with Crippen LogP contribution in [0.15, 0.2) is 65.2 Å². The standard InChI is InChI=1S/C20H17F3N4O4S/c21-20(22,23)15-2-1-3-18(12-15)32(29,30)27-10-8-17(9-11-27)26-31-19(28)25-16-6-4-14(13-24)5-7-16/h1-8,12,26H,9-11H2,(H,25,28). The van der Waals surface area contributed by atoms with Crippen LogP contribution in [0.2, 0.25) is 0 Å². The summed E-state index contributed by atoms with van der Waals surface area (Å²) in [4.78, 5) is 16.3. The van der Waals surface area contributed by atoms with Crippen molar-refractivity contribution < 1.29 is 31.2 Å². The molecule has 2 aromatic rings. The summed E-state index contributed by atoms with van der Waals surface area (Å²) >= 11 is 0. The van der Waals surface area contributed by atoms with Gasteiger partial charge in [0.15, 0.2) is 0 Å². The second-order valence-electron chi connectivity index (χ2n) is 6.67. The Morgan fingerprint density at radius 2 is 1.88 bits per heavy atom. The first-order valence-electron chi connectivity index (χ1n) is 9.20. The van der Waals surface area contributed by atoms with Crippen molar-refractivity contribution in [3.63, 3.8) is 0 Å². The Bertz CT molecular complexity index is 1170. The van der Waals surface area contributed by atoms with Crippen LogP contribution in [0.4, 0.5) is 23.7 Å². The zero-order chi connectivity index (χ0) is 23.4. The highest BCUT2D eigenvalue weighted by molar-refractivity contribution is 7.89. The molecule has 0 radical (unpaired) electrons. The van der Waals surface area contributed by atoms with Gasteiger partial charge in [-0.05, 0) is 48.5 Å². The SMILES string of the molecule is N#Cc1ccc(NC(=O)ONC2=CCN(S(=O)(=O)c3cccc(C(F)(F)F)c3)CC2)cc1. The lowest BCUT2D eigenvalue weighted by molar-refractivity contribution is -0.137. The Labute approximate surface area is 181 Å². The molecule has 0 saturated heterocycles. The third-order valence-electron chi connectivity index (χ3n) is 4.51. The number of hydrogen-bond acceptors (Lipinski definition) is 6. The number of carbonyl (C=O) groups is 1. The van der Waals surface area contributed by atoms with E-state index in [1.165, 1.54) is 30.3 Å². The van der Waals surface area contributed by atoms with Crippen molar-refractivity contribution >= 4 is 21.8 Å². The number of sulfonamides is 1. The number of rotatable bonds is 5. The summed E-state index contributed by atoms with van der Waals surface area (Å²) in [7, 11) is -4.13. The van der Waals surface area contributed by atoms with Gasteiger partial charge in [0.1, 0.15) is 0 Å². The molecule has 0 aromatic heterocycles. The second kappa shape index (κ2) is 9.29. The van der Waals surface area contributed by atoms with Gasteiger partial charge < -0.3 is 4.84 Å². The number of benzene rings is 2. The van der Waals surface area contributed by atoms with Gasteiger partial charge in [-0.1, -0.05) is 6.07 Å². The topological polar surface area (TPSA) is 112 Å². The van der Waals surface area contributed by atoms with Crippen LogP contribution in [0, 0.1) is 11.3 Å². The molecule has 1 aliphatic heterocycles. The van der Waals surface area contributed by atoms with E-state index in [0.29, 0.717) is 23.0 Å².